The molecule has 0 saturated carbocycles. The second kappa shape index (κ2) is 10.4. The summed E-state index contributed by atoms with van der Waals surface area (Å²) >= 11 is 0. The lowest BCUT2D eigenvalue weighted by Gasteiger charge is -2.13. The Morgan fingerprint density at radius 2 is 2.00 bits per heavy atom. The molecule has 124 valence electrons. The molecule has 0 aromatic heterocycles. The third-order valence-corrected chi connectivity index (χ3v) is 3.61. The van der Waals surface area contributed by atoms with Gasteiger partial charge in [-0.1, -0.05) is 25.3 Å². The maximum absolute atomic E-state index is 11.5. The molecule has 1 aromatic rings. The topological polar surface area (TPSA) is 70.3 Å². The number of carbonyl (C=O) groups is 1. The van der Waals surface area contributed by atoms with Gasteiger partial charge >= 0.3 is 0 Å². The zero-order valence-electron chi connectivity index (χ0n) is 13.8. The fraction of sp³-hybridized carbons (Fsp3) is 0.474. The van der Waals surface area contributed by atoms with Gasteiger partial charge in [0.25, 0.3) is 0 Å². The van der Waals surface area contributed by atoms with Gasteiger partial charge in [0.1, 0.15) is 11.5 Å². The van der Waals surface area contributed by atoms with Crippen molar-refractivity contribution in [3.8, 4) is 17.6 Å². The first-order chi connectivity index (χ1) is 11.1. The van der Waals surface area contributed by atoms with Crippen LogP contribution in [0, 0.1) is 11.3 Å². The maximum atomic E-state index is 11.5. The van der Waals surface area contributed by atoms with Gasteiger partial charge in [0.15, 0.2) is 5.78 Å². The number of allylic oxidation sites excluding steroid dienone is 1. The molecule has 0 amide bonds. The van der Waals surface area contributed by atoms with Crippen LogP contribution in [0.1, 0.15) is 61.4 Å². The van der Waals surface area contributed by atoms with Crippen molar-refractivity contribution in [1.82, 2.24) is 0 Å². The van der Waals surface area contributed by atoms with E-state index in [-0.39, 0.29) is 11.5 Å². The van der Waals surface area contributed by atoms with E-state index in [9.17, 15) is 9.90 Å². The van der Waals surface area contributed by atoms with Crippen molar-refractivity contribution < 1.29 is 14.6 Å². The number of Topliss-reactive ketones (excluding diaryl/α,β-unsaturated/α-hetero) is 1. The molecule has 0 aliphatic heterocycles. The number of ether oxygens (including phenoxy) is 1. The number of rotatable bonds is 11. The van der Waals surface area contributed by atoms with Crippen LogP contribution in [0.2, 0.25) is 0 Å². The monoisotopic (exact) mass is 315 g/mol. The largest absolute Gasteiger partial charge is 0.507 e. The highest BCUT2D eigenvalue weighted by atomic mass is 16.5. The second-order valence-corrected chi connectivity index (χ2v) is 5.55. The Labute approximate surface area is 138 Å². The van der Waals surface area contributed by atoms with Crippen molar-refractivity contribution in [2.45, 2.75) is 51.9 Å². The van der Waals surface area contributed by atoms with Crippen LogP contribution < -0.4 is 4.74 Å². The van der Waals surface area contributed by atoms with Gasteiger partial charge in [-0.05, 0) is 37.8 Å². The summed E-state index contributed by atoms with van der Waals surface area (Å²) in [6, 6.07) is 5.34. The molecule has 4 nitrogen and oxygen atoms in total. The number of aromatic hydroxyl groups is 1. The van der Waals surface area contributed by atoms with Crippen molar-refractivity contribution in [2.24, 2.45) is 0 Å². The molecule has 0 unspecified atom stereocenters. The first-order valence-corrected chi connectivity index (χ1v) is 8.07. The van der Waals surface area contributed by atoms with E-state index >= 15 is 0 Å². The molecular formula is C19H25NO3. The molecular weight excluding hydrogens is 290 g/mol. The molecule has 0 heterocycles. The van der Waals surface area contributed by atoms with Crippen molar-refractivity contribution in [3.05, 3.63) is 35.9 Å². The average Bonchev–Trinajstić information content (AvgIpc) is 2.52. The third-order valence-electron chi connectivity index (χ3n) is 3.61. The standard InChI is InChI=1S/C19H25NO3/c1-3-10-16-13-17(15(2)21)18(22)14-19(16)23-12-9-7-5-4-6-8-11-20/h3,13-14,22H,1,4-10,12H2,2H3. The summed E-state index contributed by atoms with van der Waals surface area (Å²) < 4.78 is 5.76. The fourth-order valence-corrected chi connectivity index (χ4v) is 2.36. The smallest absolute Gasteiger partial charge is 0.163 e. The summed E-state index contributed by atoms with van der Waals surface area (Å²) in [4.78, 5) is 11.5. The van der Waals surface area contributed by atoms with Gasteiger partial charge in [0.2, 0.25) is 0 Å². The number of unbranched alkanes of at least 4 members (excludes halogenated alkanes) is 5. The molecule has 1 aromatic carbocycles. The van der Waals surface area contributed by atoms with E-state index in [1.165, 1.54) is 13.0 Å². The van der Waals surface area contributed by atoms with Gasteiger partial charge in [-0.25, -0.2) is 0 Å². The lowest BCUT2D eigenvalue weighted by Crippen LogP contribution is -2.03. The molecule has 0 radical (unpaired) electrons. The molecule has 0 saturated heterocycles. The normalized spacial score (nSPS) is 10.1. The predicted molar refractivity (Wildman–Crippen MR) is 90.8 cm³/mol. The van der Waals surface area contributed by atoms with Crippen LogP contribution in [-0.4, -0.2) is 17.5 Å². The number of phenols is 1. The Kier molecular flexibility index (Phi) is 8.52. The number of phenolic OH excluding ortho intramolecular Hbond substituents is 1. The Hall–Kier alpha value is -2.28. The van der Waals surface area contributed by atoms with Crippen LogP contribution in [-0.2, 0) is 6.42 Å². The van der Waals surface area contributed by atoms with Crippen molar-refractivity contribution >= 4 is 5.78 Å². The van der Waals surface area contributed by atoms with E-state index in [0.29, 0.717) is 30.8 Å². The Morgan fingerprint density at radius 1 is 1.30 bits per heavy atom. The molecule has 1 rings (SSSR count). The number of carbonyl (C=O) groups excluding carboxylic acids is 1. The van der Waals surface area contributed by atoms with Gasteiger partial charge in [0.05, 0.1) is 18.2 Å². The predicted octanol–water partition coefficient (Wildman–Crippen LogP) is 4.57. The fourth-order valence-electron chi connectivity index (χ4n) is 2.36. The quantitative estimate of drug-likeness (QED) is 0.369. The summed E-state index contributed by atoms with van der Waals surface area (Å²) in [5, 5.41) is 18.4. The summed E-state index contributed by atoms with van der Waals surface area (Å²) in [7, 11) is 0. The average molecular weight is 315 g/mol. The van der Waals surface area contributed by atoms with E-state index in [4.69, 9.17) is 10.00 Å². The van der Waals surface area contributed by atoms with Crippen molar-refractivity contribution in [1.29, 1.82) is 5.26 Å². The minimum Gasteiger partial charge on any atom is -0.507 e. The van der Waals surface area contributed by atoms with E-state index in [0.717, 1.165) is 37.7 Å². The number of benzene rings is 1. The Bertz CT molecular complexity index is 573. The van der Waals surface area contributed by atoms with Crippen LogP contribution in [0.3, 0.4) is 0 Å². The summed E-state index contributed by atoms with van der Waals surface area (Å²) in [6.45, 7) is 5.71. The minimum atomic E-state index is -0.170. The Morgan fingerprint density at radius 3 is 2.65 bits per heavy atom. The number of hydrogen-bond donors (Lipinski definition) is 1. The zero-order chi connectivity index (χ0) is 17.1. The molecule has 0 spiro atoms. The van der Waals surface area contributed by atoms with Gasteiger partial charge < -0.3 is 9.84 Å². The second-order valence-electron chi connectivity index (χ2n) is 5.55. The lowest BCUT2D eigenvalue weighted by atomic mass is 10.0. The number of hydrogen-bond acceptors (Lipinski definition) is 4. The molecule has 0 aliphatic carbocycles. The number of nitrogens with zero attached hydrogens (tertiary/aromatic N) is 1. The third kappa shape index (κ3) is 6.56. The highest BCUT2D eigenvalue weighted by Gasteiger charge is 2.12. The first-order valence-electron chi connectivity index (χ1n) is 8.07. The molecule has 23 heavy (non-hydrogen) atoms. The van der Waals surface area contributed by atoms with Gasteiger partial charge in [-0.3, -0.25) is 4.79 Å². The number of nitriles is 1. The van der Waals surface area contributed by atoms with Gasteiger partial charge in [0, 0.05) is 12.5 Å². The molecule has 0 fully saturated rings. The van der Waals surface area contributed by atoms with Crippen LogP contribution in [0.25, 0.3) is 0 Å². The highest BCUT2D eigenvalue weighted by molar-refractivity contribution is 5.97. The summed E-state index contributed by atoms with van der Waals surface area (Å²) in [5.41, 5.74) is 1.17. The van der Waals surface area contributed by atoms with Gasteiger partial charge in [-0.15, -0.1) is 6.58 Å². The molecule has 4 heteroatoms. The van der Waals surface area contributed by atoms with E-state index in [1.54, 1.807) is 12.1 Å². The maximum Gasteiger partial charge on any atom is 0.163 e. The SMILES string of the molecule is C=CCc1cc(C(C)=O)c(O)cc1OCCCCCCCC#N. The molecule has 0 aliphatic rings. The molecule has 0 bridgehead atoms. The van der Waals surface area contributed by atoms with E-state index < -0.39 is 0 Å². The summed E-state index contributed by atoms with van der Waals surface area (Å²) in [5.74, 6) is 0.394. The van der Waals surface area contributed by atoms with Crippen LogP contribution in [0.4, 0.5) is 0 Å². The van der Waals surface area contributed by atoms with Crippen molar-refractivity contribution in [3.63, 3.8) is 0 Å². The first kappa shape index (κ1) is 18.8. The lowest BCUT2D eigenvalue weighted by molar-refractivity contribution is 0.101. The molecule has 0 atom stereocenters. The van der Waals surface area contributed by atoms with Crippen LogP contribution in [0.15, 0.2) is 24.8 Å². The minimum absolute atomic E-state index is 0.0446. The van der Waals surface area contributed by atoms with E-state index in [1.807, 2.05) is 0 Å². The number of ketones is 1. The van der Waals surface area contributed by atoms with Gasteiger partial charge in [-0.2, -0.15) is 5.26 Å². The summed E-state index contributed by atoms with van der Waals surface area (Å²) in [6.07, 6.45) is 8.07. The zero-order valence-corrected chi connectivity index (χ0v) is 13.8. The van der Waals surface area contributed by atoms with E-state index in [2.05, 4.69) is 12.6 Å². The van der Waals surface area contributed by atoms with Crippen LogP contribution in [0.5, 0.6) is 11.5 Å². The van der Waals surface area contributed by atoms with Crippen LogP contribution >= 0.6 is 0 Å². The molecule has 1 N–H and O–H groups in total. The highest BCUT2D eigenvalue weighted by Crippen LogP contribution is 2.29. The van der Waals surface area contributed by atoms with Crippen molar-refractivity contribution in [2.75, 3.05) is 6.61 Å². The Balaban J connectivity index is 2.52.